The minimum absolute atomic E-state index is 0.0142. The molecule has 0 aliphatic carbocycles. The molecule has 0 spiro atoms. The number of carbonyl (C=O) groups excluding carboxylic acids is 1. The van der Waals surface area contributed by atoms with Gasteiger partial charge < -0.3 is 15.0 Å². The molecule has 1 N–H and O–H groups in total. The zero-order chi connectivity index (χ0) is 17.4. The summed E-state index contributed by atoms with van der Waals surface area (Å²) in [7, 11) is 0. The first-order valence-electron chi connectivity index (χ1n) is 8.58. The van der Waals surface area contributed by atoms with Gasteiger partial charge >= 0.3 is 5.97 Å². The monoisotopic (exact) mass is 351 g/mol. The van der Waals surface area contributed by atoms with Crippen molar-refractivity contribution < 1.29 is 9.53 Å². The molecule has 1 aliphatic rings. The Kier molecular flexibility index (Phi) is 7.37. The van der Waals surface area contributed by atoms with Crippen LogP contribution in [0.4, 0.5) is 0 Å². The Labute approximate surface area is 149 Å². The van der Waals surface area contributed by atoms with Gasteiger partial charge in [0.1, 0.15) is 0 Å². The van der Waals surface area contributed by atoms with E-state index in [9.17, 15) is 4.79 Å². The van der Waals surface area contributed by atoms with Crippen LogP contribution in [-0.4, -0.2) is 43.1 Å². The average Bonchev–Trinajstić information content (AvgIpc) is 2.60. The standard InChI is InChI=1S/C18H26ClN3O2/c1-3-20-18(21-13-14-5-7-16(19)8-6-14)22-11-9-15(10-12-22)17(23)24-4-2/h5-8,15H,3-4,9-13H2,1-2H3,(H,20,21). The van der Waals surface area contributed by atoms with E-state index in [0.717, 1.165) is 49.0 Å². The van der Waals surface area contributed by atoms with Gasteiger partial charge in [0.15, 0.2) is 5.96 Å². The number of benzene rings is 1. The van der Waals surface area contributed by atoms with Crippen LogP contribution in [0, 0.1) is 5.92 Å². The number of halogens is 1. The third kappa shape index (κ3) is 5.41. The molecular formula is C18H26ClN3O2. The van der Waals surface area contributed by atoms with E-state index in [2.05, 4.69) is 17.1 Å². The molecule has 1 aliphatic heterocycles. The summed E-state index contributed by atoms with van der Waals surface area (Å²) in [6.07, 6.45) is 1.62. The van der Waals surface area contributed by atoms with E-state index in [0.29, 0.717) is 13.2 Å². The highest BCUT2D eigenvalue weighted by Crippen LogP contribution is 2.19. The van der Waals surface area contributed by atoms with Gasteiger partial charge in [-0.2, -0.15) is 0 Å². The fourth-order valence-corrected chi connectivity index (χ4v) is 2.89. The van der Waals surface area contributed by atoms with Crippen LogP contribution >= 0.6 is 11.6 Å². The number of guanidine groups is 1. The van der Waals surface area contributed by atoms with Crippen LogP contribution in [0.15, 0.2) is 29.3 Å². The zero-order valence-corrected chi connectivity index (χ0v) is 15.2. The summed E-state index contributed by atoms with van der Waals surface area (Å²) in [5, 5.41) is 4.07. The normalized spacial score (nSPS) is 16.1. The Hall–Kier alpha value is -1.75. The van der Waals surface area contributed by atoms with Crippen molar-refractivity contribution in [3.05, 3.63) is 34.9 Å². The summed E-state index contributed by atoms with van der Waals surface area (Å²) in [6.45, 7) is 7.41. The maximum absolute atomic E-state index is 11.8. The summed E-state index contributed by atoms with van der Waals surface area (Å²) in [6, 6.07) is 7.74. The van der Waals surface area contributed by atoms with E-state index >= 15 is 0 Å². The van der Waals surface area contributed by atoms with Crippen molar-refractivity contribution >= 4 is 23.5 Å². The van der Waals surface area contributed by atoms with Crippen molar-refractivity contribution in [3.8, 4) is 0 Å². The van der Waals surface area contributed by atoms with Crippen LogP contribution in [0.2, 0.25) is 5.02 Å². The molecule has 132 valence electrons. The Bertz CT molecular complexity index is 552. The zero-order valence-electron chi connectivity index (χ0n) is 14.4. The Balaban J connectivity index is 1.94. The first kappa shape index (κ1) is 18.6. The number of nitrogens with zero attached hydrogens (tertiary/aromatic N) is 2. The largest absolute Gasteiger partial charge is 0.466 e. The van der Waals surface area contributed by atoms with E-state index in [4.69, 9.17) is 21.3 Å². The van der Waals surface area contributed by atoms with Gasteiger partial charge in [-0.05, 0) is 44.4 Å². The molecule has 24 heavy (non-hydrogen) atoms. The molecule has 0 saturated carbocycles. The van der Waals surface area contributed by atoms with E-state index in [1.54, 1.807) is 0 Å². The summed E-state index contributed by atoms with van der Waals surface area (Å²) >= 11 is 5.91. The summed E-state index contributed by atoms with van der Waals surface area (Å²) in [5.74, 6) is 0.843. The van der Waals surface area contributed by atoms with E-state index < -0.39 is 0 Å². The Morgan fingerprint density at radius 3 is 2.54 bits per heavy atom. The average molecular weight is 352 g/mol. The number of rotatable bonds is 5. The van der Waals surface area contributed by atoms with E-state index in [-0.39, 0.29) is 11.9 Å². The Morgan fingerprint density at radius 1 is 1.29 bits per heavy atom. The van der Waals surface area contributed by atoms with Gasteiger partial charge in [-0.25, -0.2) is 4.99 Å². The highest BCUT2D eigenvalue weighted by Gasteiger charge is 2.27. The van der Waals surface area contributed by atoms with Gasteiger partial charge in [0, 0.05) is 24.7 Å². The molecule has 5 nitrogen and oxygen atoms in total. The third-order valence-electron chi connectivity index (χ3n) is 4.07. The number of nitrogens with one attached hydrogen (secondary N) is 1. The lowest BCUT2D eigenvalue weighted by molar-refractivity contribution is -0.149. The van der Waals surface area contributed by atoms with Crippen molar-refractivity contribution in [2.45, 2.75) is 33.2 Å². The van der Waals surface area contributed by atoms with Crippen LogP contribution in [0.1, 0.15) is 32.3 Å². The molecule has 1 heterocycles. The minimum atomic E-state index is -0.0692. The van der Waals surface area contributed by atoms with Crippen molar-refractivity contribution in [1.29, 1.82) is 0 Å². The van der Waals surface area contributed by atoms with Gasteiger partial charge in [0.25, 0.3) is 0 Å². The second-order valence-corrected chi connectivity index (χ2v) is 6.25. The molecule has 1 aromatic rings. The smallest absolute Gasteiger partial charge is 0.309 e. The molecule has 0 amide bonds. The second kappa shape index (κ2) is 9.52. The molecular weight excluding hydrogens is 326 g/mol. The molecule has 1 fully saturated rings. The fourth-order valence-electron chi connectivity index (χ4n) is 2.77. The van der Waals surface area contributed by atoms with Gasteiger partial charge in [-0.15, -0.1) is 0 Å². The molecule has 0 radical (unpaired) electrons. The molecule has 2 rings (SSSR count). The van der Waals surface area contributed by atoms with Crippen molar-refractivity contribution in [2.75, 3.05) is 26.2 Å². The maximum Gasteiger partial charge on any atom is 0.309 e. The van der Waals surface area contributed by atoms with E-state index in [1.165, 1.54) is 0 Å². The van der Waals surface area contributed by atoms with Crippen molar-refractivity contribution in [3.63, 3.8) is 0 Å². The van der Waals surface area contributed by atoms with Crippen molar-refractivity contribution in [2.24, 2.45) is 10.9 Å². The van der Waals surface area contributed by atoms with Crippen LogP contribution in [-0.2, 0) is 16.1 Å². The molecule has 0 aromatic heterocycles. The number of hydrogen-bond acceptors (Lipinski definition) is 3. The summed E-state index contributed by atoms with van der Waals surface area (Å²) in [5.41, 5.74) is 1.12. The summed E-state index contributed by atoms with van der Waals surface area (Å²) < 4.78 is 5.13. The topological polar surface area (TPSA) is 53.9 Å². The van der Waals surface area contributed by atoms with Crippen molar-refractivity contribution in [1.82, 2.24) is 10.2 Å². The minimum Gasteiger partial charge on any atom is -0.466 e. The first-order chi connectivity index (χ1) is 11.6. The first-order valence-corrected chi connectivity index (χ1v) is 8.96. The number of hydrogen-bond donors (Lipinski definition) is 1. The van der Waals surface area contributed by atoms with Crippen LogP contribution in [0.5, 0.6) is 0 Å². The van der Waals surface area contributed by atoms with Crippen LogP contribution in [0.25, 0.3) is 0 Å². The van der Waals surface area contributed by atoms with Crippen LogP contribution < -0.4 is 5.32 Å². The number of carbonyl (C=O) groups is 1. The lowest BCUT2D eigenvalue weighted by Gasteiger charge is -2.33. The molecule has 1 aromatic carbocycles. The van der Waals surface area contributed by atoms with Crippen LogP contribution in [0.3, 0.4) is 0 Å². The Morgan fingerprint density at radius 2 is 1.96 bits per heavy atom. The highest BCUT2D eigenvalue weighted by molar-refractivity contribution is 6.30. The molecule has 6 heteroatoms. The van der Waals surface area contributed by atoms with Gasteiger partial charge in [-0.3, -0.25) is 4.79 Å². The van der Waals surface area contributed by atoms with Gasteiger partial charge in [0.05, 0.1) is 19.1 Å². The number of piperidine rings is 1. The molecule has 0 atom stereocenters. The summed E-state index contributed by atoms with van der Waals surface area (Å²) in [4.78, 5) is 18.8. The second-order valence-electron chi connectivity index (χ2n) is 5.81. The third-order valence-corrected chi connectivity index (χ3v) is 4.33. The highest BCUT2D eigenvalue weighted by atomic mass is 35.5. The molecule has 0 unspecified atom stereocenters. The molecule has 0 bridgehead atoms. The maximum atomic E-state index is 11.8. The SMILES string of the molecule is CCNC(=NCc1ccc(Cl)cc1)N1CCC(C(=O)OCC)CC1. The number of aliphatic imine (C=N–C) groups is 1. The number of esters is 1. The number of likely N-dealkylation sites (tertiary alicyclic amines) is 1. The fraction of sp³-hybridized carbons (Fsp3) is 0.556. The van der Waals surface area contributed by atoms with Gasteiger partial charge in [0.2, 0.25) is 0 Å². The molecule has 1 saturated heterocycles. The predicted octanol–water partition coefficient (Wildman–Crippen LogP) is 3.08. The lowest BCUT2D eigenvalue weighted by atomic mass is 9.97. The van der Waals surface area contributed by atoms with E-state index in [1.807, 2.05) is 31.2 Å². The lowest BCUT2D eigenvalue weighted by Crippen LogP contribution is -2.46. The number of ether oxygens (including phenoxy) is 1. The van der Waals surface area contributed by atoms with Gasteiger partial charge in [-0.1, -0.05) is 23.7 Å². The predicted molar refractivity (Wildman–Crippen MR) is 97.2 cm³/mol. The quantitative estimate of drug-likeness (QED) is 0.503.